The lowest BCUT2D eigenvalue weighted by molar-refractivity contribution is 0.0919. The molecule has 1 saturated heterocycles. The van der Waals surface area contributed by atoms with Crippen molar-refractivity contribution in [1.82, 2.24) is 14.6 Å². The number of hydrogen-bond acceptors (Lipinski definition) is 4. The van der Waals surface area contributed by atoms with Gasteiger partial charge in [0.25, 0.3) is 5.91 Å². The van der Waals surface area contributed by atoms with E-state index in [9.17, 15) is 13.2 Å². The Bertz CT molecular complexity index is 566. The predicted octanol–water partition coefficient (Wildman–Crippen LogP) is 1.02. The lowest BCUT2D eigenvalue weighted by Gasteiger charge is -2.31. The molecule has 116 valence electrons. The van der Waals surface area contributed by atoms with Crippen molar-refractivity contribution in [3.8, 4) is 0 Å². The van der Waals surface area contributed by atoms with Gasteiger partial charge in [-0.25, -0.2) is 12.7 Å². The van der Waals surface area contributed by atoms with Crippen LogP contribution in [0.2, 0.25) is 0 Å². The first kappa shape index (κ1) is 15.9. The first-order valence-corrected chi connectivity index (χ1v) is 8.83. The Morgan fingerprint density at radius 3 is 2.67 bits per heavy atom. The van der Waals surface area contributed by atoms with Gasteiger partial charge in [0.2, 0.25) is 10.0 Å². The van der Waals surface area contributed by atoms with Crippen LogP contribution < -0.4 is 5.32 Å². The molecule has 0 atom stereocenters. The minimum atomic E-state index is -3.13. The summed E-state index contributed by atoms with van der Waals surface area (Å²) in [4.78, 5) is 16.0. The molecule has 1 fully saturated rings. The number of nitrogens with one attached hydrogen (secondary N) is 1. The zero-order chi connectivity index (χ0) is 15.3. The van der Waals surface area contributed by atoms with Crippen LogP contribution in [-0.4, -0.2) is 48.5 Å². The molecular formula is C14H21N3O3S. The third kappa shape index (κ3) is 4.25. The number of carbonyl (C=O) groups is 1. The number of carbonyl (C=O) groups excluding carboxylic acids is 1. The van der Waals surface area contributed by atoms with Gasteiger partial charge in [0.1, 0.15) is 5.69 Å². The standard InChI is InChI=1S/C14H21N3O3S/c1-2-11-21(19,20)17-9-6-12(7-10-17)16-14(18)13-5-3-4-8-15-13/h3-5,8,12H,2,6-7,9-11H2,1H3,(H,16,18). The normalized spacial score (nSPS) is 17.6. The van der Waals surface area contributed by atoms with Crippen LogP contribution >= 0.6 is 0 Å². The van der Waals surface area contributed by atoms with E-state index >= 15 is 0 Å². The van der Waals surface area contributed by atoms with Gasteiger partial charge in [-0.05, 0) is 31.4 Å². The molecule has 1 amide bonds. The van der Waals surface area contributed by atoms with Crippen LogP contribution in [0.4, 0.5) is 0 Å². The summed E-state index contributed by atoms with van der Waals surface area (Å²) in [5.41, 5.74) is 0.388. The zero-order valence-electron chi connectivity index (χ0n) is 12.2. The van der Waals surface area contributed by atoms with Crippen molar-refractivity contribution in [2.45, 2.75) is 32.2 Å². The highest BCUT2D eigenvalue weighted by Crippen LogP contribution is 2.15. The molecule has 2 rings (SSSR count). The van der Waals surface area contributed by atoms with Crippen LogP contribution in [0.5, 0.6) is 0 Å². The minimum absolute atomic E-state index is 0.00702. The van der Waals surface area contributed by atoms with E-state index in [1.165, 1.54) is 4.31 Å². The fourth-order valence-electron chi connectivity index (χ4n) is 2.42. The van der Waals surface area contributed by atoms with Crippen molar-refractivity contribution < 1.29 is 13.2 Å². The van der Waals surface area contributed by atoms with Crippen LogP contribution in [-0.2, 0) is 10.0 Å². The van der Waals surface area contributed by atoms with Gasteiger partial charge in [0.15, 0.2) is 0 Å². The van der Waals surface area contributed by atoms with E-state index in [2.05, 4.69) is 10.3 Å². The highest BCUT2D eigenvalue weighted by atomic mass is 32.2. The second-order valence-corrected chi connectivity index (χ2v) is 7.27. The van der Waals surface area contributed by atoms with Gasteiger partial charge in [-0.15, -0.1) is 0 Å². The first-order valence-electron chi connectivity index (χ1n) is 7.22. The van der Waals surface area contributed by atoms with Gasteiger partial charge in [0.05, 0.1) is 5.75 Å². The van der Waals surface area contributed by atoms with Crippen LogP contribution in [0.25, 0.3) is 0 Å². The molecule has 0 bridgehead atoms. The molecule has 1 N–H and O–H groups in total. The van der Waals surface area contributed by atoms with Gasteiger partial charge in [-0.3, -0.25) is 9.78 Å². The van der Waals surface area contributed by atoms with E-state index in [1.54, 1.807) is 24.4 Å². The molecule has 0 radical (unpaired) electrons. The van der Waals surface area contributed by atoms with Crippen LogP contribution in [0.1, 0.15) is 36.7 Å². The Balaban J connectivity index is 1.86. The molecule has 0 aromatic carbocycles. The number of amides is 1. The number of piperidine rings is 1. The maximum atomic E-state index is 12.0. The van der Waals surface area contributed by atoms with Gasteiger partial charge in [-0.1, -0.05) is 13.0 Å². The number of hydrogen-bond donors (Lipinski definition) is 1. The van der Waals surface area contributed by atoms with E-state index < -0.39 is 10.0 Å². The molecule has 6 nitrogen and oxygen atoms in total. The van der Waals surface area contributed by atoms with Crippen molar-refractivity contribution in [3.05, 3.63) is 30.1 Å². The summed E-state index contributed by atoms with van der Waals surface area (Å²) >= 11 is 0. The Labute approximate surface area is 125 Å². The number of sulfonamides is 1. The average molecular weight is 311 g/mol. The molecule has 0 unspecified atom stereocenters. The third-order valence-corrected chi connectivity index (χ3v) is 5.62. The maximum absolute atomic E-state index is 12.0. The monoisotopic (exact) mass is 311 g/mol. The summed E-state index contributed by atoms with van der Waals surface area (Å²) in [5, 5.41) is 2.92. The number of pyridine rings is 1. The molecule has 2 heterocycles. The summed E-state index contributed by atoms with van der Waals surface area (Å²) in [6, 6.07) is 5.19. The van der Waals surface area contributed by atoms with Crippen molar-refractivity contribution >= 4 is 15.9 Å². The molecule has 1 aromatic heterocycles. The van der Waals surface area contributed by atoms with Crippen molar-refractivity contribution in [1.29, 1.82) is 0 Å². The Hall–Kier alpha value is -1.47. The van der Waals surface area contributed by atoms with E-state index in [0.29, 0.717) is 38.0 Å². The molecule has 21 heavy (non-hydrogen) atoms. The molecule has 1 aliphatic heterocycles. The third-order valence-electron chi connectivity index (χ3n) is 3.54. The summed E-state index contributed by atoms with van der Waals surface area (Å²) in [7, 11) is -3.13. The molecule has 0 aliphatic carbocycles. The van der Waals surface area contributed by atoms with Crippen LogP contribution in [0, 0.1) is 0 Å². The lowest BCUT2D eigenvalue weighted by atomic mass is 10.1. The summed E-state index contributed by atoms with van der Waals surface area (Å²) < 4.78 is 25.5. The van der Waals surface area contributed by atoms with Crippen molar-refractivity contribution in [2.24, 2.45) is 0 Å². The van der Waals surface area contributed by atoms with E-state index in [-0.39, 0.29) is 17.7 Å². The van der Waals surface area contributed by atoms with E-state index in [1.807, 2.05) is 6.92 Å². The fourth-order valence-corrected chi connectivity index (χ4v) is 3.96. The Morgan fingerprint density at radius 2 is 2.10 bits per heavy atom. The SMILES string of the molecule is CCCS(=O)(=O)N1CCC(NC(=O)c2ccccn2)CC1. The second kappa shape index (κ2) is 7.00. The molecule has 7 heteroatoms. The summed E-state index contributed by atoms with van der Waals surface area (Å²) in [6.45, 7) is 2.79. The summed E-state index contributed by atoms with van der Waals surface area (Å²) in [5.74, 6) is -0.0109. The number of nitrogens with zero attached hydrogens (tertiary/aromatic N) is 2. The van der Waals surface area contributed by atoms with Crippen molar-refractivity contribution in [2.75, 3.05) is 18.8 Å². The molecule has 0 saturated carbocycles. The minimum Gasteiger partial charge on any atom is -0.348 e. The average Bonchev–Trinajstić information content (AvgIpc) is 2.48. The van der Waals surface area contributed by atoms with E-state index in [0.717, 1.165) is 0 Å². The second-order valence-electron chi connectivity index (χ2n) is 5.18. The van der Waals surface area contributed by atoms with Gasteiger partial charge in [0, 0.05) is 25.3 Å². The predicted molar refractivity (Wildman–Crippen MR) is 80.4 cm³/mol. The Kier molecular flexibility index (Phi) is 5.30. The number of aromatic nitrogens is 1. The van der Waals surface area contributed by atoms with E-state index in [4.69, 9.17) is 0 Å². The lowest BCUT2D eigenvalue weighted by Crippen LogP contribution is -2.47. The highest BCUT2D eigenvalue weighted by Gasteiger charge is 2.28. The first-order chi connectivity index (χ1) is 10.0. The maximum Gasteiger partial charge on any atom is 0.270 e. The highest BCUT2D eigenvalue weighted by molar-refractivity contribution is 7.89. The Morgan fingerprint density at radius 1 is 1.38 bits per heavy atom. The van der Waals surface area contributed by atoms with Crippen LogP contribution in [0.15, 0.2) is 24.4 Å². The smallest absolute Gasteiger partial charge is 0.270 e. The molecule has 1 aliphatic rings. The molecular weight excluding hydrogens is 290 g/mol. The number of rotatable bonds is 5. The van der Waals surface area contributed by atoms with Crippen molar-refractivity contribution in [3.63, 3.8) is 0 Å². The molecule has 0 spiro atoms. The fraction of sp³-hybridized carbons (Fsp3) is 0.571. The van der Waals surface area contributed by atoms with Gasteiger partial charge in [-0.2, -0.15) is 0 Å². The zero-order valence-corrected chi connectivity index (χ0v) is 13.0. The van der Waals surface area contributed by atoms with Gasteiger partial charge < -0.3 is 5.32 Å². The summed E-state index contributed by atoms with van der Waals surface area (Å²) in [6.07, 6.45) is 3.48. The quantitative estimate of drug-likeness (QED) is 0.880. The topological polar surface area (TPSA) is 79.4 Å². The largest absolute Gasteiger partial charge is 0.348 e. The van der Waals surface area contributed by atoms with Gasteiger partial charge >= 0.3 is 0 Å². The van der Waals surface area contributed by atoms with Crippen LogP contribution in [0.3, 0.4) is 0 Å². The molecule has 1 aromatic rings.